The van der Waals surface area contributed by atoms with Crippen molar-refractivity contribution in [3.05, 3.63) is 52.5 Å². The van der Waals surface area contributed by atoms with Crippen molar-refractivity contribution in [1.82, 2.24) is 4.98 Å². The summed E-state index contributed by atoms with van der Waals surface area (Å²) in [6, 6.07) is 11.9. The van der Waals surface area contributed by atoms with E-state index in [2.05, 4.69) is 0 Å². The minimum Gasteiger partial charge on any atom is -0.550 e. The molecule has 0 saturated heterocycles. The number of ether oxygens (including phenoxy) is 2. The van der Waals surface area contributed by atoms with Crippen LogP contribution in [-0.4, -0.2) is 23.7 Å². The number of aromatic nitrogens is 1. The summed E-state index contributed by atoms with van der Waals surface area (Å²) in [6.45, 7) is 4.54. The van der Waals surface area contributed by atoms with Gasteiger partial charge in [0.25, 0.3) is 0 Å². The van der Waals surface area contributed by atoms with E-state index in [0.29, 0.717) is 13.0 Å². The van der Waals surface area contributed by atoms with E-state index in [-0.39, 0.29) is 12.5 Å². The molecule has 0 radical (unpaired) electrons. The Hall–Kier alpha value is -2.86. The van der Waals surface area contributed by atoms with Gasteiger partial charge in [-0.25, -0.2) is 4.98 Å². The molecule has 1 aliphatic heterocycles. The molecule has 2 aromatic carbocycles. The van der Waals surface area contributed by atoms with Crippen LogP contribution < -0.4 is 14.6 Å². The van der Waals surface area contributed by atoms with Crippen molar-refractivity contribution >= 4 is 39.2 Å². The predicted molar refractivity (Wildman–Crippen MR) is 113 cm³/mol. The summed E-state index contributed by atoms with van der Waals surface area (Å²) in [6.07, 6.45) is 3.24. The van der Waals surface area contributed by atoms with Crippen molar-refractivity contribution in [3.63, 3.8) is 0 Å². The highest BCUT2D eigenvalue weighted by Gasteiger charge is 2.22. The van der Waals surface area contributed by atoms with E-state index in [1.165, 1.54) is 0 Å². The average Bonchev–Trinajstić information content (AvgIpc) is 3.27. The lowest BCUT2D eigenvalue weighted by Gasteiger charge is -2.12. The molecular weight excluding hydrogens is 386 g/mol. The lowest BCUT2D eigenvalue weighted by Crippen LogP contribution is -2.21. The number of hydrogen-bond donors (Lipinski definition) is 0. The standard InChI is InChI=1S/C23H23NO4S/c1-3-27-19-12-16-10-14(2)28-20(16)13-17(19)11-15(8-9-22(25)26)23-24-18-6-4-5-7-21(18)29-23/h4-7,11-14H,3,8-10H2,1-2H3,(H,25,26)/p-1/b15-11+/t14-/m1/s1. The molecule has 1 atom stereocenters. The molecule has 0 saturated carbocycles. The number of fused-ring (bicyclic) bond motifs is 2. The van der Waals surface area contributed by atoms with Gasteiger partial charge in [0, 0.05) is 23.5 Å². The second-order valence-electron chi connectivity index (χ2n) is 7.09. The fourth-order valence-electron chi connectivity index (χ4n) is 3.52. The van der Waals surface area contributed by atoms with Gasteiger partial charge in [0.2, 0.25) is 0 Å². The van der Waals surface area contributed by atoms with Gasteiger partial charge in [-0.15, -0.1) is 11.3 Å². The average molecular weight is 408 g/mol. The van der Waals surface area contributed by atoms with Crippen LogP contribution in [0.5, 0.6) is 11.5 Å². The Morgan fingerprint density at radius 2 is 2.17 bits per heavy atom. The summed E-state index contributed by atoms with van der Waals surface area (Å²) in [5.74, 6) is 0.555. The monoisotopic (exact) mass is 408 g/mol. The van der Waals surface area contributed by atoms with Crippen LogP contribution in [0.15, 0.2) is 36.4 Å². The second-order valence-corrected chi connectivity index (χ2v) is 8.12. The van der Waals surface area contributed by atoms with Crippen LogP contribution in [0.3, 0.4) is 0 Å². The summed E-state index contributed by atoms with van der Waals surface area (Å²) in [4.78, 5) is 15.8. The summed E-state index contributed by atoms with van der Waals surface area (Å²) in [5.41, 5.74) is 3.76. The van der Waals surface area contributed by atoms with Gasteiger partial charge >= 0.3 is 0 Å². The highest BCUT2D eigenvalue weighted by molar-refractivity contribution is 7.19. The molecule has 6 heteroatoms. The van der Waals surface area contributed by atoms with Crippen LogP contribution in [0.4, 0.5) is 0 Å². The zero-order valence-electron chi connectivity index (χ0n) is 16.4. The SMILES string of the molecule is CCOc1cc2c(cc1/C=C(\CCC(=O)[O-])c1nc3ccccc3s1)O[C@H](C)C2. The Morgan fingerprint density at radius 1 is 1.34 bits per heavy atom. The zero-order valence-corrected chi connectivity index (χ0v) is 17.3. The van der Waals surface area contributed by atoms with E-state index in [1.807, 2.05) is 56.3 Å². The molecule has 5 nitrogen and oxygen atoms in total. The first kappa shape index (κ1) is 19.5. The molecule has 0 bridgehead atoms. The van der Waals surface area contributed by atoms with Gasteiger partial charge in [-0.1, -0.05) is 12.1 Å². The maximum atomic E-state index is 11.1. The number of nitrogens with zero attached hydrogens (tertiary/aromatic N) is 1. The molecule has 0 unspecified atom stereocenters. The summed E-state index contributed by atoms with van der Waals surface area (Å²) < 4.78 is 12.9. The Morgan fingerprint density at radius 3 is 2.93 bits per heavy atom. The molecule has 0 spiro atoms. The Kier molecular flexibility index (Phi) is 5.53. The highest BCUT2D eigenvalue weighted by Crippen LogP contribution is 2.38. The van der Waals surface area contributed by atoms with Crippen molar-refractivity contribution in [1.29, 1.82) is 0 Å². The first-order valence-corrected chi connectivity index (χ1v) is 10.6. The van der Waals surface area contributed by atoms with Crippen LogP contribution >= 0.6 is 11.3 Å². The smallest absolute Gasteiger partial charge is 0.127 e. The topological polar surface area (TPSA) is 71.5 Å². The molecule has 2 heterocycles. The first-order chi connectivity index (χ1) is 14.0. The van der Waals surface area contributed by atoms with Crippen molar-refractivity contribution in [2.45, 2.75) is 39.2 Å². The number of carboxylic acid groups (broad SMARTS) is 1. The van der Waals surface area contributed by atoms with E-state index in [4.69, 9.17) is 14.5 Å². The number of carboxylic acids is 1. The number of carbonyl (C=O) groups is 1. The van der Waals surface area contributed by atoms with E-state index in [0.717, 1.165) is 49.8 Å². The fourth-order valence-corrected chi connectivity index (χ4v) is 4.53. The third kappa shape index (κ3) is 4.27. The minimum atomic E-state index is -1.08. The fraction of sp³-hybridized carbons (Fsp3) is 0.304. The van der Waals surface area contributed by atoms with E-state index >= 15 is 0 Å². The number of allylic oxidation sites excluding steroid dienone is 1. The van der Waals surface area contributed by atoms with E-state index < -0.39 is 5.97 Å². The molecule has 1 aliphatic rings. The molecule has 4 rings (SSSR count). The number of rotatable bonds is 7. The maximum absolute atomic E-state index is 11.1. The highest BCUT2D eigenvalue weighted by atomic mass is 32.1. The molecule has 0 aliphatic carbocycles. The quantitative estimate of drug-likeness (QED) is 0.589. The van der Waals surface area contributed by atoms with Gasteiger partial charge in [0.1, 0.15) is 22.6 Å². The van der Waals surface area contributed by atoms with E-state index in [9.17, 15) is 9.90 Å². The molecule has 1 aromatic heterocycles. The third-order valence-corrected chi connectivity index (χ3v) is 5.94. The minimum absolute atomic E-state index is 0.0653. The summed E-state index contributed by atoms with van der Waals surface area (Å²) >= 11 is 1.56. The number of carbonyl (C=O) groups excluding carboxylic acids is 1. The zero-order chi connectivity index (χ0) is 20.4. The van der Waals surface area contributed by atoms with Gasteiger partial charge in [-0.05, 0) is 62.6 Å². The lowest BCUT2D eigenvalue weighted by atomic mass is 10.0. The van der Waals surface area contributed by atoms with Crippen LogP contribution in [0.1, 0.15) is 42.8 Å². The predicted octanol–water partition coefficient (Wildman–Crippen LogP) is 4.09. The van der Waals surface area contributed by atoms with Crippen molar-refractivity contribution in [2.75, 3.05) is 6.61 Å². The molecule has 29 heavy (non-hydrogen) atoms. The molecule has 3 aromatic rings. The number of benzene rings is 2. The van der Waals surface area contributed by atoms with Crippen LogP contribution in [-0.2, 0) is 11.2 Å². The van der Waals surface area contributed by atoms with Gasteiger partial charge in [0.15, 0.2) is 0 Å². The number of hydrogen-bond acceptors (Lipinski definition) is 6. The Balaban J connectivity index is 1.79. The third-order valence-electron chi connectivity index (χ3n) is 4.83. The van der Waals surface area contributed by atoms with Crippen molar-refractivity contribution in [2.24, 2.45) is 0 Å². The summed E-state index contributed by atoms with van der Waals surface area (Å²) in [5, 5.41) is 11.9. The molecule has 0 amide bonds. The summed E-state index contributed by atoms with van der Waals surface area (Å²) in [7, 11) is 0. The Bertz CT molecular complexity index is 1050. The Labute approximate surface area is 173 Å². The van der Waals surface area contributed by atoms with Gasteiger partial charge in [-0.2, -0.15) is 0 Å². The number of para-hydroxylation sites is 1. The van der Waals surface area contributed by atoms with Crippen LogP contribution in [0.25, 0.3) is 21.9 Å². The maximum Gasteiger partial charge on any atom is 0.127 e. The largest absolute Gasteiger partial charge is 0.550 e. The number of aliphatic carboxylic acids is 1. The van der Waals surface area contributed by atoms with Crippen molar-refractivity contribution in [3.8, 4) is 11.5 Å². The van der Waals surface area contributed by atoms with Crippen LogP contribution in [0, 0.1) is 0 Å². The van der Waals surface area contributed by atoms with Gasteiger partial charge < -0.3 is 19.4 Å². The number of thiazole rings is 1. The van der Waals surface area contributed by atoms with Crippen molar-refractivity contribution < 1.29 is 19.4 Å². The molecule has 0 N–H and O–H groups in total. The first-order valence-electron chi connectivity index (χ1n) is 9.76. The van der Waals surface area contributed by atoms with Crippen LogP contribution in [0.2, 0.25) is 0 Å². The molecular formula is C23H22NO4S-. The molecule has 0 fully saturated rings. The van der Waals surface area contributed by atoms with Gasteiger partial charge in [-0.3, -0.25) is 0 Å². The lowest BCUT2D eigenvalue weighted by molar-refractivity contribution is -0.305. The second kappa shape index (κ2) is 8.25. The van der Waals surface area contributed by atoms with Gasteiger partial charge in [0.05, 0.1) is 16.8 Å². The molecule has 150 valence electrons. The normalized spacial score (nSPS) is 15.9. The van der Waals surface area contributed by atoms with E-state index in [1.54, 1.807) is 11.3 Å².